The van der Waals surface area contributed by atoms with Gasteiger partial charge in [-0.3, -0.25) is 19.4 Å². The van der Waals surface area contributed by atoms with E-state index in [0.29, 0.717) is 30.9 Å². The van der Waals surface area contributed by atoms with Gasteiger partial charge in [-0.1, -0.05) is 18.2 Å². The average Bonchev–Trinajstić information content (AvgIpc) is 3.67. The number of piperidine rings is 1. The van der Waals surface area contributed by atoms with Gasteiger partial charge in [-0.15, -0.1) is 0 Å². The van der Waals surface area contributed by atoms with Gasteiger partial charge in [0.2, 0.25) is 5.91 Å². The number of likely N-dealkylation sites (tertiary alicyclic amines) is 1. The smallest absolute Gasteiger partial charge is 0.261 e. The van der Waals surface area contributed by atoms with E-state index in [-0.39, 0.29) is 36.4 Å². The fraction of sp³-hybridized carbons (Fsp3) is 0.440. The second kappa shape index (κ2) is 10.5. The molecule has 1 aliphatic heterocycles. The maximum absolute atomic E-state index is 13.1. The molecule has 8 nitrogen and oxygen atoms in total. The predicted octanol–water partition coefficient (Wildman–Crippen LogP) is 2.39. The Bertz CT molecular complexity index is 985. The molecule has 1 saturated carbocycles. The van der Waals surface area contributed by atoms with Crippen LogP contribution in [-0.2, 0) is 16.1 Å². The number of ether oxygens (including phenoxy) is 1. The van der Waals surface area contributed by atoms with Gasteiger partial charge >= 0.3 is 0 Å². The van der Waals surface area contributed by atoms with Crippen LogP contribution in [0, 0.1) is 0 Å². The summed E-state index contributed by atoms with van der Waals surface area (Å²) in [5, 5.41) is 2.85. The van der Waals surface area contributed by atoms with Gasteiger partial charge in [0.25, 0.3) is 11.8 Å². The molecule has 0 radical (unpaired) electrons. The highest BCUT2D eigenvalue weighted by Crippen LogP contribution is 2.32. The van der Waals surface area contributed by atoms with E-state index >= 15 is 0 Å². The van der Waals surface area contributed by atoms with E-state index in [2.05, 4.69) is 10.3 Å². The van der Waals surface area contributed by atoms with E-state index in [0.717, 1.165) is 31.4 Å². The van der Waals surface area contributed by atoms with Crippen molar-refractivity contribution in [2.45, 2.75) is 51.2 Å². The highest BCUT2D eigenvalue weighted by Gasteiger charge is 2.39. The normalized spacial score (nSPS) is 16.2. The Morgan fingerprint density at radius 3 is 2.39 bits per heavy atom. The third-order valence-electron chi connectivity index (χ3n) is 6.17. The molecule has 2 heterocycles. The molecule has 0 unspecified atom stereocenters. The monoisotopic (exact) mass is 450 g/mol. The van der Waals surface area contributed by atoms with Crippen LogP contribution in [0.3, 0.4) is 0 Å². The second-order valence-corrected chi connectivity index (χ2v) is 8.56. The first-order valence-corrected chi connectivity index (χ1v) is 11.5. The maximum atomic E-state index is 13.1. The number of pyridine rings is 1. The number of carbonyl (C=O) groups is 3. The number of benzene rings is 1. The zero-order chi connectivity index (χ0) is 23.2. The van der Waals surface area contributed by atoms with Crippen molar-refractivity contribution in [3.63, 3.8) is 0 Å². The van der Waals surface area contributed by atoms with Crippen LogP contribution in [0.1, 0.15) is 48.7 Å². The highest BCUT2D eigenvalue weighted by atomic mass is 16.5. The number of hydrogen-bond acceptors (Lipinski definition) is 5. The second-order valence-electron chi connectivity index (χ2n) is 8.56. The third kappa shape index (κ3) is 5.88. The van der Waals surface area contributed by atoms with Crippen LogP contribution in [-0.4, -0.2) is 64.3 Å². The van der Waals surface area contributed by atoms with E-state index in [1.165, 1.54) is 0 Å². The molecule has 174 valence electrons. The van der Waals surface area contributed by atoms with E-state index in [4.69, 9.17) is 4.74 Å². The Kier molecular flexibility index (Phi) is 7.22. The first-order valence-electron chi connectivity index (χ1n) is 11.5. The fourth-order valence-electron chi connectivity index (χ4n) is 4.28. The van der Waals surface area contributed by atoms with Crippen molar-refractivity contribution in [1.29, 1.82) is 0 Å². The van der Waals surface area contributed by atoms with Crippen LogP contribution < -0.4 is 10.1 Å². The standard InChI is InChI=1S/C25H30N4O4/c1-18(30)28-14-11-21(12-15-28)29(20-9-10-20)24(31)17-33-23-8-3-2-7-22(23)25(32)27-16-19-6-4-5-13-26-19/h2-8,13,20-21H,9-12,14-17H2,1H3,(H,27,32). The van der Waals surface area contributed by atoms with Crippen molar-refractivity contribution >= 4 is 17.7 Å². The number of rotatable bonds is 8. The van der Waals surface area contributed by atoms with E-state index < -0.39 is 0 Å². The number of para-hydroxylation sites is 1. The molecule has 3 amide bonds. The van der Waals surface area contributed by atoms with Gasteiger partial charge in [0, 0.05) is 38.3 Å². The van der Waals surface area contributed by atoms with Crippen LogP contribution in [0.25, 0.3) is 0 Å². The Balaban J connectivity index is 1.35. The summed E-state index contributed by atoms with van der Waals surface area (Å²) in [6.07, 6.45) is 5.26. The zero-order valence-electron chi connectivity index (χ0n) is 18.9. The number of amides is 3. The Hall–Kier alpha value is -3.42. The summed E-state index contributed by atoms with van der Waals surface area (Å²) < 4.78 is 5.85. The molecule has 1 saturated heterocycles. The van der Waals surface area contributed by atoms with Crippen molar-refractivity contribution in [3.8, 4) is 5.75 Å². The molecular weight excluding hydrogens is 420 g/mol. The van der Waals surface area contributed by atoms with Gasteiger partial charge in [0.05, 0.1) is 17.8 Å². The predicted molar refractivity (Wildman–Crippen MR) is 122 cm³/mol. The molecule has 2 aliphatic rings. The zero-order valence-corrected chi connectivity index (χ0v) is 18.9. The average molecular weight is 451 g/mol. The lowest BCUT2D eigenvalue weighted by molar-refractivity contribution is -0.138. The largest absolute Gasteiger partial charge is 0.483 e. The van der Waals surface area contributed by atoms with Gasteiger partial charge in [0.1, 0.15) is 5.75 Å². The molecule has 0 spiro atoms. The van der Waals surface area contributed by atoms with Gasteiger partial charge < -0.3 is 19.9 Å². The summed E-state index contributed by atoms with van der Waals surface area (Å²) in [4.78, 5) is 45.5. The molecule has 33 heavy (non-hydrogen) atoms. The molecule has 1 aromatic heterocycles. The third-order valence-corrected chi connectivity index (χ3v) is 6.17. The lowest BCUT2D eigenvalue weighted by Crippen LogP contribution is -2.50. The topological polar surface area (TPSA) is 91.8 Å². The summed E-state index contributed by atoms with van der Waals surface area (Å²) >= 11 is 0. The number of hydrogen-bond donors (Lipinski definition) is 1. The van der Waals surface area contributed by atoms with Crippen LogP contribution in [0.15, 0.2) is 48.7 Å². The van der Waals surface area contributed by atoms with Crippen molar-refractivity contribution < 1.29 is 19.1 Å². The molecule has 0 bridgehead atoms. The molecule has 1 aliphatic carbocycles. The van der Waals surface area contributed by atoms with Crippen molar-refractivity contribution in [1.82, 2.24) is 20.1 Å². The molecule has 0 atom stereocenters. The number of aromatic nitrogens is 1. The van der Waals surface area contributed by atoms with Crippen LogP contribution in [0.4, 0.5) is 0 Å². The van der Waals surface area contributed by atoms with Crippen molar-refractivity contribution in [3.05, 3.63) is 59.9 Å². The first kappa shape index (κ1) is 22.8. The summed E-state index contributed by atoms with van der Waals surface area (Å²) in [5.41, 5.74) is 1.14. The Morgan fingerprint density at radius 2 is 1.73 bits per heavy atom. The van der Waals surface area contributed by atoms with Crippen molar-refractivity contribution in [2.75, 3.05) is 19.7 Å². The van der Waals surface area contributed by atoms with E-state index in [1.54, 1.807) is 37.4 Å². The summed E-state index contributed by atoms with van der Waals surface area (Å²) in [5.74, 6) is 0.118. The van der Waals surface area contributed by atoms with Gasteiger partial charge in [-0.25, -0.2) is 0 Å². The first-order chi connectivity index (χ1) is 16.0. The lowest BCUT2D eigenvalue weighted by atomic mass is 10.0. The summed E-state index contributed by atoms with van der Waals surface area (Å²) in [7, 11) is 0. The quantitative estimate of drug-likeness (QED) is 0.667. The molecular formula is C25H30N4O4. The minimum absolute atomic E-state index is 0.0672. The molecule has 8 heteroatoms. The molecule has 2 fully saturated rings. The number of carbonyl (C=O) groups excluding carboxylic acids is 3. The summed E-state index contributed by atoms with van der Waals surface area (Å²) in [6.45, 7) is 3.13. The number of nitrogens with one attached hydrogen (secondary N) is 1. The highest BCUT2D eigenvalue weighted by molar-refractivity contribution is 5.97. The molecule has 1 N–H and O–H groups in total. The number of nitrogens with zero attached hydrogens (tertiary/aromatic N) is 3. The summed E-state index contributed by atoms with van der Waals surface area (Å²) in [6, 6.07) is 12.9. The Labute approximate surface area is 193 Å². The fourth-order valence-corrected chi connectivity index (χ4v) is 4.28. The minimum atomic E-state index is -0.278. The molecule has 4 rings (SSSR count). The van der Waals surface area contributed by atoms with Gasteiger partial charge in [-0.05, 0) is 49.9 Å². The maximum Gasteiger partial charge on any atom is 0.261 e. The van der Waals surface area contributed by atoms with Gasteiger partial charge in [-0.2, -0.15) is 0 Å². The van der Waals surface area contributed by atoms with Crippen molar-refractivity contribution in [2.24, 2.45) is 0 Å². The van der Waals surface area contributed by atoms with Gasteiger partial charge in [0.15, 0.2) is 6.61 Å². The van der Waals surface area contributed by atoms with Crippen LogP contribution in [0.2, 0.25) is 0 Å². The lowest BCUT2D eigenvalue weighted by Gasteiger charge is -2.38. The molecule has 1 aromatic carbocycles. The van der Waals surface area contributed by atoms with Crippen LogP contribution in [0.5, 0.6) is 5.75 Å². The Morgan fingerprint density at radius 1 is 1.03 bits per heavy atom. The minimum Gasteiger partial charge on any atom is -0.483 e. The van der Waals surface area contributed by atoms with E-state index in [9.17, 15) is 14.4 Å². The SMILES string of the molecule is CC(=O)N1CCC(N(C(=O)COc2ccccc2C(=O)NCc2ccccn2)C2CC2)CC1. The van der Waals surface area contributed by atoms with E-state index in [1.807, 2.05) is 28.0 Å². The molecule has 2 aromatic rings. The van der Waals surface area contributed by atoms with Crippen LogP contribution >= 0.6 is 0 Å².